The number of carbonyl (C=O) groups excluding carboxylic acids is 1. The summed E-state index contributed by atoms with van der Waals surface area (Å²) in [7, 11) is 1.44. The van der Waals surface area contributed by atoms with Gasteiger partial charge in [-0.2, -0.15) is 0 Å². The lowest BCUT2D eigenvalue weighted by Crippen LogP contribution is -2.14. The second-order valence-corrected chi connectivity index (χ2v) is 6.54. The molecule has 0 amide bonds. The lowest BCUT2D eigenvalue weighted by atomic mass is 10.1. The fourth-order valence-corrected chi connectivity index (χ4v) is 2.77. The molecule has 5 nitrogen and oxygen atoms in total. The minimum absolute atomic E-state index is 0.108. The molecule has 1 rings (SSSR count). The van der Waals surface area contributed by atoms with Gasteiger partial charge in [-0.15, -0.1) is 0 Å². The number of hydrogen-bond donors (Lipinski definition) is 2. The van der Waals surface area contributed by atoms with E-state index in [0.29, 0.717) is 19.4 Å². The van der Waals surface area contributed by atoms with E-state index >= 15 is 0 Å². The van der Waals surface area contributed by atoms with E-state index in [0.717, 1.165) is 38.8 Å². The molecule has 0 saturated heterocycles. The van der Waals surface area contributed by atoms with Gasteiger partial charge in [-0.25, -0.2) is 0 Å². The highest BCUT2D eigenvalue weighted by Crippen LogP contribution is 2.09. The van der Waals surface area contributed by atoms with Crippen LogP contribution in [-0.2, 0) is 27.2 Å². The van der Waals surface area contributed by atoms with Crippen molar-refractivity contribution in [2.24, 2.45) is 0 Å². The Morgan fingerprint density at radius 1 is 1.08 bits per heavy atom. The largest absolute Gasteiger partial charge is 0.469 e. The molecule has 0 radical (unpaired) electrons. The fraction of sp³-hybridized carbons (Fsp3) is 0.667. The van der Waals surface area contributed by atoms with Gasteiger partial charge in [-0.05, 0) is 43.9 Å². The first kappa shape index (κ1) is 22.6. The van der Waals surface area contributed by atoms with E-state index in [4.69, 9.17) is 4.74 Å². The van der Waals surface area contributed by atoms with Gasteiger partial charge in [0.25, 0.3) is 0 Å². The molecular formula is C21H35NO4. The molecule has 0 heterocycles. The molecule has 1 unspecified atom stereocenters. The van der Waals surface area contributed by atoms with Crippen LogP contribution in [0.2, 0.25) is 0 Å². The van der Waals surface area contributed by atoms with Crippen LogP contribution in [0.3, 0.4) is 0 Å². The monoisotopic (exact) mass is 365 g/mol. The highest BCUT2D eigenvalue weighted by molar-refractivity contribution is 5.68. The summed E-state index contributed by atoms with van der Waals surface area (Å²) >= 11 is 0. The Hall–Kier alpha value is -1.43. The Morgan fingerprint density at radius 3 is 2.42 bits per heavy atom. The summed E-state index contributed by atoms with van der Waals surface area (Å²) in [6.45, 7) is 4.32. The van der Waals surface area contributed by atoms with Crippen LogP contribution in [0, 0.1) is 0 Å². The van der Waals surface area contributed by atoms with Crippen LogP contribution in [0.1, 0.15) is 63.0 Å². The maximum Gasteiger partial charge on any atom is 0.305 e. The Labute approximate surface area is 158 Å². The zero-order valence-corrected chi connectivity index (χ0v) is 16.3. The third-order valence-electron chi connectivity index (χ3n) is 4.35. The number of benzene rings is 1. The number of aliphatic hydroxyl groups excluding tert-OH is 1. The average molecular weight is 366 g/mol. The summed E-state index contributed by atoms with van der Waals surface area (Å²) < 4.78 is 9.76. The van der Waals surface area contributed by atoms with Crippen molar-refractivity contribution in [2.75, 3.05) is 20.3 Å². The third kappa shape index (κ3) is 11.2. The molecular weight excluding hydrogens is 330 g/mol. The van der Waals surface area contributed by atoms with Gasteiger partial charge >= 0.3 is 5.97 Å². The van der Waals surface area contributed by atoms with E-state index in [1.807, 2.05) is 6.92 Å². The molecule has 0 aliphatic rings. The van der Waals surface area contributed by atoms with Gasteiger partial charge in [0.15, 0.2) is 6.29 Å². The number of esters is 1. The van der Waals surface area contributed by atoms with Gasteiger partial charge in [0, 0.05) is 26.0 Å². The Bertz CT molecular complexity index is 475. The van der Waals surface area contributed by atoms with Crippen LogP contribution in [0.4, 0.5) is 0 Å². The summed E-state index contributed by atoms with van der Waals surface area (Å²) in [5.74, 6) is -0.108. The van der Waals surface area contributed by atoms with E-state index in [1.165, 1.54) is 31.1 Å². The zero-order chi connectivity index (χ0) is 19.0. The molecule has 148 valence electrons. The van der Waals surface area contributed by atoms with Crippen LogP contribution in [0.25, 0.3) is 0 Å². The molecule has 0 aliphatic heterocycles. The third-order valence-corrected chi connectivity index (χ3v) is 4.35. The minimum Gasteiger partial charge on any atom is -0.469 e. The highest BCUT2D eigenvalue weighted by atomic mass is 16.6. The SMILES string of the molecule is CCOC(O)CCc1ccc(CNCCCCCCCC(=O)OC)cc1. The molecule has 0 aromatic heterocycles. The number of methoxy groups -OCH3 is 1. The van der Waals surface area contributed by atoms with E-state index in [1.54, 1.807) is 0 Å². The van der Waals surface area contributed by atoms with E-state index in [2.05, 4.69) is 34.3 Å². The van der Waals surface area contributed by atoms with Crippen molar-refractivity contribution >= 4 is 5.97 Å². The average Bonchev–Trinajstić information content (AvgIpc) is 2.66. The standard InChI is InChI=1S/C21H35NO4/c1-3-26-21(24)15-14-18-10-12-19(13-11-18)17-22-16-8-6-4-5-7-9-20(23)25-2/h10-13,21-22,24H,3-9,14-17H2,1-2H3. The molecule has 0 saturated carbocycles. The fourth-order valence-electron chi connectivity index (χ4n) is 2.77. The first-order valence-electron chi connectivity index (χ1n) is 9.80. The van der Waals surface area contributed by atoms with Crippen molar-refractivity contribution in [1.29, 1.82) is 0 Å². The lowest BCUT2D eigenvalue weighted by molar-refractivity contribution is -0.140. The smallest absolute Gasteiger partial charge is 0.305 e. The van der Waals surface area contributed by atoms with Crippen LogP contribution >= 0.6 is 0 Å². The molecule has 0 bridgehead atoms. The quantitative estimate of drug-likeness (QED) is 0.282. The van der Waals surface area contributed by atoms with Gasteiger partial charge in [-0.1, -0.05) is 43.5 Å². The number of hydrogen-bond acceptors (Lipinski definition) is 5. The normalized spacial score (nSPS) is 12.1. The maximum atomic E-state index is 11.0. The first-order chi connectivity index (χ1) is 12.7. The van der Waals surface area contributed by atoms with Crippen LogP contribution < -0.4 is 5.32 Å². The Balaban J connectivity index is 2.03. The number of unbranched alkanes of at least 4 members (excludes halogenated alkanes) is 4. The van der Waals surface area contributed by atoms with Crippen molar-refractivity contribution in [3.63, 3.8) is 0 Å². The second-order valence-electron chi connectivity index (χ2n) is 6.54. The van der Waals surface area contributed by atoms with Crippen molar-refractivity contribution in [2.45, 2.75) is 71.1 Å². The van der Waals surface area contributed by atoms with Crippen molar-refractivity contribution < 1.29 is 19.4 Å². The number of carbonyl (C=O) groups is 1. The first-order valence-corrected chi connectivity index (χ1v) is 9.80. The molecule has 5 heteroatoms. The van der Waals surface area contributed by atoms with Crippen LogP contribution in [0.5, 0.6) is 0 Å². The Morgan fingerprint density at radius 2 is 1.73 bits per heavy atom. The van der Waals surface area contributed by atoms with Crippen LogP contribution in [-0.4, -0.2) is 37.6 Å². The maximum absolute atomic E-state index is 11.0. The summed E-state index contributed by atoms with van der Waals surface area (Å²) in [5, 5.41) is 13.1. The summed E-state index contributed by atoms with van der Waals surface area (Å²) in [5.41, 5.74) is 2.50. The van der Waals surface area contributed by atoms with Crippen molar-refractivity contribution in [1.82, 2.24) is 5.32 Å². The highest BCUT2D eigenvalue weighted by Gasteiger charge is 2.03. The van der Waals surface area contributed by atoms with Crippen molar-refractivity contribution in [3.8, 4) is 0 Å². The summed E-state index contributed by atoms with van der Waals surface area (Å²) in [4.78, 5) is 11.0. The Kier molecular flexibility index (Phi) is 12.8. The number of aryl methyl sites for hydroxylation is 1. The minimum atomic E-state index is -0.665. The van der Waals surface area contributed by atoms with Gasteiger partial charge < -0.3 is 19.9 Å². The predicted octanol–water partition coefficient (Wildman–Crippen LogP) is 3.58. The lowest BCUT2D eigenvalue weighted by Gasteiger charge is -2.10. The topological polar surface area (TPSA) is 67.8 Å². The molecule has 0 aliphatic carbocycles. The summed E-state index contributed by atoms with van der Waals surface area (Å²) in [6.07, 6.45) is 6.86. The predicted molar refractivity (Wildman–Crippen MR) is 104 cm³/mol. The molecule has 0 fully saturated rings. The van der Waals surface area contributed by atoms with Gasteiger partial charge in [0.2, 0.25) is 0 Å². The molecule has 26 heavy (non-hydrogen) atoms. The molecule has 1 aromatic rings. The number of aliphatic hydroxyl groups is 1. The zero-order valence-electron chi connectivity index (χ0n) is 16.3. The molecule has 1 aromatic carbocycles. The molecule has 0 spiro atoms. The van der Waals surface area contributed by atoms with Gasteiger partial charge in [0.05, 0.1) is 7.11 Å². The van der Waals surface area contributed by atoms with E-state index in [9.17, 15) is 9.90 Å². The van der Waals surface area contributed by atoms with Crippen molar-refractivity contribution in [3.05, 3.63) is 35.4 Å². The number of nitrogens with one attached hydrogen (secondary N) is 1. The molecule has 1 atom stereocenters. The van der Waals surface area contributed by atoms with Gasteiger partial charge in [-0.3, -0.25) is 4.79 Å². The molecule has 2 N–H and O–H groups in total. The second kappa shape index (κ2) is 14.7. The number of rotatable bonds is 15. The van der Waals surface area contributed by atoms with Crippen LogP contribution in [0.15, 0.2) is 24.3 Å². The number of ether oxygens (including phenoxy) is 2. The van der Waals surface area contributed by atoms with Gasteiger partial charge in [0.1, 0.15) is 0 Å². The van der Waals surface area contributed by atoms with E-state index < -0.39 is 6.29 Å². The summed E-state index contributed by atoms with van der Waals surface area (Å²) in [6, 6.07) is 8.53. The van der Waals surface area contributed by atoms with E-state index in [-0.39, 0.29) is 5.97 Å².